The highest BCUT2D eigenvalue weighted by molar-refractivity contribution is 5.83. The van der Waals surface area contributed by atoms with Crippen LogP contribution >= 0.6 is 0 Å². The van der Waals surface area contributed by atoms with Crippen LogP contribution in [0.3, 0.4) is 0 Å². The number of carbonyl (C=O) groups is 1. The Hall–Kier alpha value is -1.55. The number of carbonyl (C=O) groups excluding carboxylic acids is 1. The van der Waals surface area contributed by atoms with Gasteiger partial charge in [0.25, 0.3) is 0 Å². The van der Waals surface area contributed by atoms with Crippen molar-refractivity contribution < 1.29 is 4.79 Å². The number of hydrogen-bond acceptors (Lipinski definition) is 3. The van der Waals surface area contributed by atoms with Crippen molar-refractivity contribution in [1.82, 2.24) is 10.2 Å². The molecule has 1 aromatic rings. The van der Waals surface area contributed by atoms with Crippen molar-refractivity contribution in [2.24, 2.45) is 0 Å². The first kappa shape index (κ1) is 13.9. The lowest BCUT2D eigenvalue weighted by atomic mass is 10.1. The van der Waals surface area contributed by atoms with Gasteiger partial charge in [0.1, 0.15) is 0 Å². The van der Waals surface area contributed by atoms with Crippen molar-refractivity contribution in [1.29, 1.82) is 0 Å². The number of aryl methyl sites for hydroxylation is 2. The fourth-order valence-corrected chi connectivity index (χ4v) is 2.60. The highest BCUT2D eigenvalue weighted by Gasteiger charge is 2.30. The summed E-state index contributed by atoms with van der Waals surface area (Å²) in [4.78, 5) is 16.2. The second-order valence-corrected chi connectivity index (χ2v) is 5.39. The molecule has 104 valence electrons. The predicted octanol–water partition coefficient (Wildman–Crippen LogP) is 1.17. The van der Waals surface area contributed by atoms with Crippen LogP contribution in [0.5, 0.6) is 0 Å². The van der Waals surface area contributed by atoms with Crippen molar-refractivity contribution in [3.63, 3.8) is 0 Å². The van der Waals surface area contributed by atoms with Gasteiger partial charge in [-0.15, -0.1) is 0 Å². The van der Waals surface area contributed by atoms with E-state index < -0.39 is 0 Å². The lowest BCUT2D eigenvalue weighted by molar-refractivity contribution is -0.131. The first-order valence-corrected chi connectivity index (χ1v) is 6.75. The molecule has 0 aliphatic carbocycles. The Labute approximate surface area is 115 Å². The summed E-state index contributed by atoms with van der Waals surface area (Å²) in [6, 6.07) is 6.64. The van der Waals surface area contributed by atoms with Gasteiger partial charge in [0.2, 0.25) is 5.91 Å². The van der Waals surface area contributed by atoms with Crippen LogP contribution in [0.4, 0.5) is 5.69 Å². The molecule has 1 saturated heterocycles. The van der Waals surface area contributed by atoms with Crippen molar-refractivity contribution in [3.8, 4) is 0 Å². The normalized spacial score (nSPS) is 20.0. The van der Waals surface area contributed by atoms with Crippen LogP contribution in [0.25, 0.3) is 0 Å². The Kier molecular flexibility index (Phi) is 4.10. The molecular weight excluding hydrogens is 238 g/mol. The number of nitrogens with one attached hydrogen (secondary N) is 1. The van der Waals surface area contributed by atoms with Crippen molar-refractivity contribution in [2.75, 3.05) is 38.6 Å². The Balaban J connectivity index is 2.25. The first-order valence-electron chi connectivity index (χ1n) is 6.75. The molecule has 1 aliphatic rings. The van der Waals surface area contributed by atoms with E-state index in [-0.39, 0.29) is 11.9 Å². The minimum absolute atomic E-state index is 0.187. The number of rotatable bonds is 3. The van der Waals surface area contributed by atoms with Crippen LogP contribution < -0.4 is 10.2 Å². The molecule has 2 rings (SSSR count). The van der Waals surface area contributed by atoms with Gasteiger partial charge in [-0.25, -0.2) is 0 Å². The molecule has 1 fully saturated rings. The van der Waals surface area contributed by atoms with Crippen LogP contribution in [0.15, 0.2) is 18.2 Å². The van der Waals surface area contributed by atoms with E-state index in [1.54, 1.807) is 0 Å². The van der Waals surface area contributed by atoms with Gasteiger partial charge in [0.05, 0.1) is 12.6 Å². The molecular formula is C15H23N3O. The van der Waals surface area contributed by atoms with E-state index >= 15 is 0 Å². The maximum absolute atomic E-state index is 12.1. The number of hydrogen-bond donors (Lipinski definition) is 1. The summed E-state index contributed by atoms with van der Waals surface area (Å²) in [6.45, 7) is 6.37. The van der Waals surface area contributed by atoms with Gasteiger partial charge < -0.3 is 15.1 Å². The fourth-order valence-electron chi connectivity index (χ4n) is 2.60. The molecule has 1 amide bonds. The van der Waals surface area contributed by atoms with E-state index in [1.165, 1.54) is 16.8 Å². The molecule has 1 atom stereocenters. The van der Waals surface area contributed by atoms with Crippen molar-refractivity contribution in [3.05, 3.63) is 29.3 Å². The molecule has 1 unspecified atom stereocenters. The molecule has 1 N–H and O–H groups in total. The third-order valence-corrected chi connectivity index (χ3v) is 3.84. The Morgan fingerprint density at radius 3 is 2.79 bits per heavy atom. The molecule has 0 spiro atoms. The molecule has 19 heavy (non-hydrogen) atoms. The van der Waals surface area contributed by atoms with Crippen LogP contribution in [0.1, 0.15) is 11.1 Å². The standard InChI is InChI=1S/C15H23N3O/c1-11-5-6-12(2)14(7-11)18-9-13(8-16-3)17(4)15(19)10-18/h5-7,13,16H,8-10H2,1-4H3. The molecule has 4 heteroatoms. The van der Waals surface area contributed by atoms with Gasteiger partial charge in [-0.2, -0.15) is 0 Å². The second kappa shape index (κ2) is 5.61. The van der Waals surface area contributed by atoms with Gasteiger partial charge in [-0.3, -0.25) is 4.79 Å². The molecule has 4 nitrogen and oxygen atoms in total. The van der Waals surface area contributed by atoms with E-state index in [0.29, 0.717) is 6.54 Å². The first-order chi connectivity index (χ1) is 9.02. The Morgan fingerprint density at radius 2 is 2.11 bits per heavy atom. The van der Waals surface area contributed by atoms with Crippen molar-refractivity contribution >= 4 is 11.6 Å². The van der Waals surface area contributed by atoms with Crippen LogP contribution in [0, 0.1) is 13.8 Å². The molecule has 0 aromatic heterocycles. The van der Waals surface area contributed by atoms with E-state index in [2.05, 4.69) is 42.3 Å². The Bertz CT molecular complexity index is 472. The van der Waals surface area contributed by atoms with E-state index in [1.807, 2.05) is 19.0 Å². The topological polar surface area (TPSA) is 35.6 Å². The monoisotopic (exact) mass is 261 g/mol. The van der Waals surface area contributed by atoms with Gasteiger partial charge in [0.15, 0.2) is 0 Å². The number of benzene rings is 1. The molecule has 1 aromatic carbocycles. The number of piperazine rings is 1. The number of likely N-dealkylation sites (N-methyl/N-ethyl adjacent to an activating group) is 2. The summed E-state index contributed by atoms with van der Waals surface area (Å²) in [5.41, 5.74) is 3.64. The van der Waals surface area contributed by atoms with Crippen LogP contribution in [-0.4, -0.2) is 50.6 Å². The molecule has 0 bridgehead atoms. The summed E-state index contributed by atoms with van der Waals surface area (Å²) in [5.74, 6) is 0.187. The average molecular weight is 261 g/mol. The van der Waals surface area contributed by atoms with Crippen LogP contribution in [-0.2, 0) is 4.79 Å². The minimum atomic E-state index is 0.187. The molecule has 0 saturated carbocycles. The predicted molar refractivity (Wildman–Crippen MR) is 78.6 cm³/mol. The number of nitrogens with zero attached hydrogens (tertiary/aromatic N) is 2. The molecule has 1 heterocycles. The minimum Gasteiger partial charge on any atom is -0.360 e. The summed E-state index contributed by atoms with van der Waals surface area (Å²) in [7, 11) is 3.82. The lowest BCUT2D eigenvalue weighted by Crippen LogP contribution is -2.57. The summed E-state index contributed by atoms with van der Waals surface area (Å²) in [5, 5.41) is 3.17. The maximum Gasteiger partial charge on any atom is 0.242 e. The number of amides is 1. The number of anilines is 1. The van der Waals surface area contributed by atoms with Gasteiger partial charge in [0, 0.05) is 25.8 Å². The summed E-state index contributed by atoms with van der Waals surface area (Å²) in [6.07, 6.45) is 0. The third kappa shape index (κ3) is 2.89. The zero-order valence-electron chi connectivity index (χ0n) is 12.2. The Morgan fingerprint density at radius 1 is 1.37 bits per heavy atom. The van der Waals surface area contributed by atoms with E-state index in [0.717, 1.165) is 13.1 Å². The molecule has 1 aliphatic heterocycles. The zero-order valence-corrected chi connectivity index (χ0v) is 12.2. The largest absolute Gasteiger partial charge is 0.360 e. The SMILES string of the molecule is CNCC1CN(c2cc(C)ccc2C)CC(=O)N1C. The highest BCUT2D eigenvalue weighted by atomic mass is 16.2. The molecule has 0 radical (unpaired) electrons. The van der Waals surface area contributed by atoms with Gasteiger partial charge in [-0.1, -0.05) is 12.1 Å². The van der Waals surface area contributed by atoms with Crippen LogP contribution in [0.2, 0.25) is 0 Å². The zero-order chi connectivity index (χ0) is 14.0. The quantitative estimate of drug-likeness (QED) is 0.887. The van der Waals surface area contributed by atoms with Gasteiger partial charge >= 0.3 is 0 Å². The highest BCUT2D eigenvalue weighted by Crippen LogP contribution is 2.24. The summed E-state index contributed by atoms with van der Waals surface area (Å²) >= 11 is 0. The third-order valence-electron chi connectivity index (χ3n) is 3.84. The fraction of sp³-hybridized carbons (Fsp3) is 0.533. The van der Waals surface area contributed by atoms with E-state index in [9.17, 15) is 4.79 Å². The van der Waals surface area contributed by atoms with Gasteiger partial charge in [-0.05, 0) is 38.1 Å². The van der Waals surface area contributed by atoms with Crippen molar-refractivity contribution in [2.45, 2.75) is 19.9 Å². The average Bonchev–Trinajstić information content (AvgIpc) is 2.38. The maximum atomic E-state index is 12.1. The lowest BCUT2D eigenvalue weighted by Gasteiger charge is -2.40. The smallest absolute Gasteiger partial charge is 0.242 e. The summed E-state index contributed by atoms with van der Waals surface area (Å²) < 4.78 is 0. The van der Waals surface area contributed by atoms with E-state index in [4.69, 9.17) is 0 Å². The second-order valence-electron chi connectivity index (χ2n) is 5.39.